The molecule has 5 heteroatoms. The molecule has 12 aromatic rings. The Morgan fingerprint density at radius 3 is 1.38 bits per heavy atom. The highest BCUT2D eigenvalue weighted by atomic mass is 15.2. The maximum Gasteiger partial charge on any atom is 0.220 e. The molecule has 0 aliphatic rings. The molecule has 0 saturated carbocycles. The number of benzene rings is 9. The van der Waals surface area contributed by atoms with E-state index < -0.39 is 0 Å². The standard InChI is InChI=1S/C55H37N5/c1-3-13-38(14-4-1)40-23-27-42(28-24-40)57(43-31-33-44(34-32-43)58-50-20-10-7-17-47(50)48-18-8-11-21-51(48)58)46-35-36-53-54(37-46)60-52-22-12-9-19-49(52)56-55(60)59(53)45-29-25-41(26-30-45)39-15-5-2-6-16-39/h1-37H. The van der Waals surface area contributed by atoms with Crippen LogP contribution in [0.2, 0.25) is 0 Å². The molecule has 3 aromatic heterocycles. The second-order valence-corrected chi connectivity index (χ2v) is 15.3. The molecule has 0 amide bonds. The Morgan fingerprint density at radius 1 is 0.317 bits per heavy atom. The molecule has 0 unspecified atom stereocenters. The van der Waals surface area contributed by atoms with Crippen molar-refractivity contribution >= 4 is 66.7 Å². The molecule has 60 heavy (non-hydrogen) atoms. The monoisotopic (exact) mass is 767 g/mol. The summed E-state index contributed by atoms with van der Waals surface area (Å²) in [6.07, 6.45) is 0. The number of anilines is 3. The first-order chi connectivity index (χ1) is 29.8. The van der Waals surface area contributed by atoms with E-state index in [1.807, 2.05) is 0 Å². The molecule has 12 rings (SSSR count). The van der Waals surface area contributed by atoms with E-state index in [9.17, 15) is 0 Å². The summed E-state index contributed by atoms with van der Waals surface area (Å²) in [6.45, 7) is 0. The van der Waals surface area contributed by atoms with Gasteiger partial charge in [0.1, 0.15) is 0 Å². The van der Waals surface area contributed by atoms with Gasteiger partial charge in [0, 0.05) is 39.2 Å². The van der Waals surface area contributed by atoms with Crippen molar-refractivity contribution in [1.29, 1.82) is 0 Å². The van der Waals surface area contributed by atoms with Gasteiger partial charge < -0.3 is 9.47 Å². The number of para-hydroxylation sites is 4. The molecule has 0 aliphatic heterocycles. The molecule has 0 atom stereocenters. The average molecular weight is 768 g/mol. The van der Waals surface area contributed by atoms with Crippen LogP contribution in [0.25, 0.3) is 83.3 Å². The highest BCUT2D eigenvalue weighted by Gasteiger charge is 2.21. The lowest BCUT2D eigenvalue weighted by molar-refractivity contribution is 1.11. The van der Waals surface area contributed by atoms with E-state index in [0.29, 0.717) is 0 Å². The number of fused-ring (bicyclic) bond motifs is 8. The van der Waals surface area contributed by atoms with Crippen molar-refractivity contribution in [3.05, 3.63) is 224 Å². The van der Waals surface area contributed by atoms with Gasteiger partial charge in [-0.3, -0.25) is 8.97 Å². The van der Waals surface area contributed by atoms with Crippen LogP contribution >= 0.6 is 0 Å². The molecule has 9 aromatic carbocycles. The van der Waals surface area contributed by atoms with Crippen molar-refractivity contribution in [1.82, 2.24) is 18.5 Å². The zero-order valence-corrected chi connectivity index (χ0v) is 32.6. The summed E-state index contributed by atoms with van der Waals surface area (Å²) in [5, 5.41) is 2.51. The maximum atomic E-state index is 5.23. The first-order valence-electron chi connectivity index (χ1n) is 20.4. The van der Waals surface area contributed by atoms with Crippen LogP contribution in [0.15, 0.2) is 224 Å². The fourth-order valence-corrected chi connectivity index (χ4v) is 9.05. The van der Waals surface area contributed by atoms with Crippen molar-refractivity contribution in [2.24, 2.45) is 0 Å². The Balaban J connectivity index is 1.03. The summed E-state index contributed by atoms with van der Waals surface area (Å²) >= 11 is 0. The zero-order valence-electron chi connectivity index (χ0n) is 32.6. The highest BCUT2D eigenvalue weighted by Crippen LogP contribution is 2.40. The van der Waals surface area contributed by atoms with E-state index in [2.05, 4.69) is 243 Å². The quantitative estimate of drug-likeness (QED) is 0.162. The molecule has 0 aliphatic carbocycles. The molecule has 0 fully saturated rings. The summed E-state index contributed by atoms with van der Waals surface area (Å²) in [7, 11) is 0. The second kappa shape index (κ2) is 13.8. The number of nitrogens with zero attached hydrogens (tertiary/aromatic N) is 5. The molecule has 0 radical (unpaired) electrons. The number of rotatable bonds is 7. The van der Waals surface area contributed by atoms with E-state index in [1.165, 1.54) is 44.1 Å². The average Bonchev–Trinajstić information content (AvgIpc) is 3.97. The van der Waals surface area contributed by atoms with Gasteiger partial charge >= 0.3 is 0 Å². The third-order valence-electron chi connectivity index (χ3n) is 11.9. The predicted octanol–water partition coefficient (Wildman–Crippen LogP) is 14.3. The summed E-state index contributed by atoms with van der Waals surface area (Å²) in [5.74, 6) is 0.880. The first-order valence-corrected chi connectivity index (χ1v) is 20.4. The van der Waals surface area contributed by atoms with Gasteiger partial charge in [0.25, 0.3) is 0 Å². The number of aromatic nitrogens is 4. The zero-order chi connectivity index (χ0) is 39.6. The normalized spacial score (nSPS) is 11.7. The molecule has 3 heterocycles. The fourth-order valence-electron chi connectivity index (χ4n) is 9.05. The van der Waals surface area contributed by atoms with Crippen molar-refractivity contribution in [3.8, 4) is 33.6 Å². The molecular weight excluding hydrogens is 731 g/mol. The second-order valence-electron chi connectivity index (χ2n) is 15.3. The van der Waals surface area contributed by atoms with Crippen molar-refractivity contribution in [2.45, 2.75) is 0 Å². The maximum absolute atomic E-state index is 5.23. The molecule has 0 saturated heterocycles. The van der Waals surface area contributed by atoms with Crippen LogP contribution in [0.5, 0.6) is 0 Å². The van der Waals surface area contributed by atoms with Gasteiger partial charge in [0.2, 0.25) is 5.78 Å². The summed E-state index contributed by atoms with van der Waals surface area (Å²) in [5.41, 5.74) is 16.7. The largest absolute Gasteiger partial charge is 0.310 e. The Kier molecular flexibility index (Phi) is 7.78. The highest BCUT2D eigenvalue weighted by molar-refractivity contribution is 6.09. The van der Waals surface area contributed by atoms with Crippen LogP contribution in [0.3, 0.4) is 0 Å². The SMILES string of the molecule is c1ccc(-c2ccc(N(c3ccc(-n4c5ccccc5c5ccccc54)cc3)c3ccc4c(c3)n3c5ccccc5nc3n4-c3ccc(-c4ccccc4)cc3)cc2)cc1. The summed E-state index contributed by atoms with van der Waals surface area (Å²) in [4.78, 5) is 7.59. The van der Waals surface area contributed by atoms with Gasteiger partial charge in [-0.05, 0) is 113 Å². The van der Waals surface area contributed by atoms with Gasteiger partial charge in [-0.25, -0.2) is 4.98 Å². The third kappa shape index (κ3) is 5.44. The summed E-state index contributed by atoms with van der Waals surface area (Å²) < 4.78 is 6.96. The molecule has 0 spiro atoms. The summed E-state index contributed by atoms with van der Waals surface area (Å²) in [6, 6.07) is 80.4. The lowest BCUT2D eigenvalue weighted by Crippen LogP contribution is -2.10. The Bertz CT molecular complexity index is 3450. The number of imidazole rings is 2. The minimum absolute atomic E-state index is 0.880. The molecule has 0 N–H and O–H groups in total. The lowest BCUT2D eigenvalue weighted by atomic mass is 10.0. The van der Waals surface area contributed by atoms with Crippen molar-refractivity contribution in [3.63, 3.8) is 0 Å². The first kappa shape index (κ1) is 33.9. The minimum atomic E-state index is 0.880. The van der Waals surface area contributed by atoms with Crippen LogP contribution < -0.4 is 4.90 Å². The smallest absolute Gasteiger partial charge is 0.220 e. The molecular formula is C55H37N5. The van der Waals surface area contributed by atoms with Crippen LogP contribution in [0, 0.1) is 0 Å². The van der Waals surface area contributed by atoms with Gasteiger partial charge in [0.05, 0.1) is 33.1 Å². The molecule has 5 nitrogen and oxygen atoms in total. The van der Waals surface area contributed by atoms with Gasteiger partial charge in [-0.1, -0.05) is 133 Å². The number of hydrogen-bond acceptors (Lipinski definition) is 2. The van der Waals surface area contributed by atoms with Crippen LogP contribution in [-0.2, 0) is 0 Å². The van der Waals surface area contributed by atoms with E-state index in [1.54, 1.807) is 0 Å². The van der Waals surface area contributed by atoms with E-state index >= 15 is 0 Å². The Labute approximate surface area is 346 Å². The van der Waals surface area contributed by atoms with Gasteiger partial charge in [-0.15, -0.1) is 0 Å². The fraction of sp³-hybridized carbons (Fsp3) is 0. The van der Waals surface area contributed by atoms with Crippen LogP contribution in [-0.4, -0.2) is 18.5 Å². The number of hydrogen-bond donors (Lipinski definition) is 0. The predicted molar refractivity (Wildman–Crippen MR) is 249 cm³/mol. The van der Waals surface area contributed by atoms with Crippen molar-refractivity contribution < 1.29 is 0 Å². The van der Waals surface area contributed by atoms with Gasteiger partial charge in [-0.2, -0.15) is 0 Å². The molecule has 282 valence electrons. The Morgan fingerprint density at radius 2 is 0.767 bits per heavy atom. The van der Waals surface area contributed by atoms with Crippen LogP contribution in [0.4, 0.5) is 17.1 Å². The van der Waals surface area contributed by atoms with E-state index in [4.69, 9.17) is 4.98 Å². The lowest BCUT2D eigenvalue weighted by Gasteiger charge is -2.26. The van der Waals surface area contributed by atoms with E-state index in [-0.39, 0.29) is 0 Å². The van der Waals surface area contributed by atoms with Crippen molar-refractivity contribution in [2.75, 3.05) is 4.90 Å². The minimum Gasteiger partial charge on any atom is -0.310 e. The van der Waals surface area contributed by atoms with Crippen LogP contribution in [0.1, 0.15) is 0 Å². The topological polar surface area (TPSA) is 30.4 Å². The molecule has 0 bridgehead atoms. The Hall–Kier alpha value is -8.15. The van der Waals surface area contributed by atoms with E-state index in [0.717, 1.165) is 56.3 Å². The third-order valence-corrected chi connectivity index (χ3v) is 11.9. The van der Waals surface area contributed by atoms with Gasteiger partial charge in [0.15, 0.2) is 0 Å².